The molecule has 0 radical (unpaired) electrons. The van der Waals surface area contributed by atoms with E-state index >= 15 is 0 Å². The first-order chi connectivity index (χ1) is 14.0. The highest BCUT2D eigenvalue weighted by atomic mass is 16.5. The van der Waals surface area contributed by atoms with Gasteiger partial charge in [0.1, 0.15) is 12.4 Å². The Bertz CT molecular complexity index is 850. The number of hydrogen-bond donors (Lipinski definition) is 0. The van der Waals surface area contributed by atoms with Crippen molar-refractivity contribution >= 4 is 5.91 Å². The van der Waals surface area contributed by atoms with Crippen LogP contribution >= 0.6 is 0 Å². The number of carbonyl (C=O) groups is 1. The normalized spacial score (nSPS) is 22.4. The number of nitrogens with zero attached hydrogens (tertiary/aromatic N) is 4. The lowest BCUT2D eigenvalue weighted by Crippen LogP contribution is -2.50. The zero-order chi connectivity index (χ0) is 20.4. The molecular formula is C22H30N4O3. The summed E-state index contributed by atoms with van der Waals surface area (Å²) in [7, 11) is 4.18. The third-order valence-electron chi connectivity index (χ3n) is 5.79. The summed E-state index contributed by atoms with van der Waals surface area (Å²) in [5.41, 5.74) is 1.94. The van der Waals surface area contributed by atoms with Crippen molar-refractivity contribution in [2.24, 2.45) is 0 Å². The van der Waals surface area contributed by atoms with Gasteiger partial charge >= 0.3 is 0 Å². The van der Waals surface area contributed by atoms with Crippen LogP contribution in [0.2, 0.25) is 0 Å². The van der Waals surface area contributed by atoms with E-state index in [2.05, 4.69) is 41.2 Å². The fourth-order valence-corrected chi connectivity index (χ4v) is 4.39. The molecule has 156 valence electrons. The van der Waals surface area contributed by atoms with Crippen molar-refractivity contribution in [3.05, 3.63) is 47.3 Å². The molecule has 0 bridgehead atoms. The molecule has 0 N–H and O–H groups in total. The van der Waals surface area contributed by atoms with Crippen molar-refractivity contribution in [1.29, 1.82) is 0 Å². The number of benzene rings is 1. The van der Waals surface area contributed by atoms with E-state index in [9.17, 15) is 4.79 Å². The van der Waals surface area contributed by atoms with Gasteiger partial charge in [-0.05, 0) is 39.9 Å². The fraction of sp³-hybridized carbons (Fsp3) is 0.545. The van der Waals surface area contributed by atoms with Crippen molar-refractivity contribution < 1.29 is 14.1 Å². The van der Waals surface area contributed by atoms with Crippen LogP contribution in [0.4, 0.5) is 0 Å². The smallest absolute Gasteiger partial charge is 0.292 e. The molecule has 3 heterocycles. The molecule has 1 saturated heterocycles. The summed E-state index contributed by atoms with van der Waals surface area (Å²) >= 11 is 0. The van der Waals surface area contributed by atoms with E-state index in [-0.39, 0.29) is 18.0 Å². The van der Waals surface area contributed by atoms with E-state index in [4.69, 9.17) is 9.26 Å². The van der Waals surface area contributed by atoms with Gasteiger partial charge in [-0.25, -0.2) is 0 Å². The Kier molecular flexibility index (Phi) is 5.87. The number of aryl methyl sites for hydroxylation is 1. The minimum Gasteiger partial charge on any atom is -0.492 e. The van der Waals surface area contributed by atoms with Crippen LogP contribution in [0.15, 0.2) is 34.9 Å². The summed E-state index contributed by atoms with van der Waals surface area (Å²) in [6, 6.07) is 10.4. The molecule has 0 aliphatic carbocycles. The average Bonchev–Trinajstić information content (AvgIpc) is 3.30. The molecule has 1 aromatic heterocycles. The summed E-state index contributed by atoms with van der Waals surface area (Å²) in [5, 5.41) is 3.88. The number of carbonyl (C=O) groups excluding carboxylic acids is 1. The van der Waals surface area contributed by atoms with E-state index < -0.39 is 0 Å². The molecule has 2 unspecified atom stereocenters. The van der Waals surface area contributed by atoms with Gasteiger partial charge < -0.3 is 19.1 Å². The Morgan fingerprint density at radius 3 is 2.86 bits per heavy atom. The first-order valence-electron chi connectivity index (χ1n) is 10.3. The summed E-state index contributed by atoms with van der Waals surface area (Å²) in [4.78, 5) is 19.6. The molecule has 2 aliphatic heterocycles. The van der Waals surface area contributed by atoms with E-state index in [0.717, 1.165) is 50.5 Å². The topological polar surface area (TPSA) is 62.1 Å². The molecule has 1 aromatic carbocycles. The van der Waals surface area contributed by atoms with Crippen molar-refractivity contribution in [2.45, 2.75) is 38.4 Å². The molecule has 2 aromatic rings. The zero-order valence-electron chi connectivity index (χ0n) is 17.5. The third-order valence-corrected chi connectivity index (χ3v) is 5.79. The third kappa shape index (κ3) is 4.46. The van der Waals surface area contributed by atoms with Gasteiger partial charge in [0, 0.05) is 43.9 Å². The van der Waals surface area contributed by atoms with Crippen molar-refractivity contribution in [3.63, 3.8) is 0 Å². The van der Waals surface area contributed by atoms with Gasteiger partial charge in [0.05, 0.1) is 11.7 Å². The van der Waals surface area contributed by atoms with Crippen LogP contribution < -0.4 is 4.74 Å². The molecule has 1 fully saturated rings. The molecule has 1 amide bonds. The van der Waals surface area contributed by atoms with Gasteiger partial charge in [0.25, 0.3) is 5.91 Å². The van der Waals surface area contributed by atoms with Gasteiger partial charge in [-0.15, -0.1) is 0 Å². The number of amides is 1. The van der Waals surface area contributed by atoms with Crippen LogP contribution in [0.25, 0.3) is 0 Å². The molecule has 7 heteroatoms. The summed E-state index contributed by atoms with van der Waals surface area (Å²) in [5.74, 6) is 1.25. The number of fused-ring (bicyclic) bond motifs is 1. The predicted molar refractivity (Wildman–Crippen MR) is 110 cm³/mol. The summed E-state index contributed by atoms with van der Waals surface area (Å²) in [6.07, 6.45) is 2.02. The van der Waals surface area contributed by atoms with Gasteiger partial charge in [-0.1, -0.05) is 23.4 Å². The van der Waals surface area contributed by atoms with Crippen LogP contribution in [-0.2, 0) is 6.54 Å². The Balaban J connectivity index is 1.53. The van der Waals surface area contributed by atoms with Crippen molar-refractivity contribution in [2.75, 3.05) is 40.3 Å². The molecule has 0 spiro atoms. The lowest BCUT2D eigenvalue weighted by molar-refractivity contribution is 0.0583. The number of hydrogen-bond acceptors (Lipinski definition) is 6. The van der Waals surface area contributed by atoms with Crippen LogP contribution in [0.3, 0.4) is 0 Å². The molecule has 4 rings (SSSR count). The van der Waals surface area contributed by atoms with Crippen molar-refractivity contribution in [3.8, 4) is 5.75 Å². The summed E-state index contributed by atoms with van der Waals surface area (Å²) in [6.45, 7) is 5.82. The van der Waals surface area contributed by atoms with E-state index in [1.165, 1.54) is 5.56 Å². The van der Waals surface area contributed by atoms with Gasteiger partial charge in [0.15, 0.2) is 0 Å². The number of aromatic nitrogens is 1. The molecule has 7 nitrogen and oxygen atoms in total. The number of rotatable bonds is 5. The maximum Gasteiger partial charge on any atom is 0.292 e. The lowest BCUT2D eigenvalue weighted by Gasteiger charge is -2.35. The molecular weight excluding hydrogens is 368 g/mol. The standard InChI is InChI=1S/C22H30N4O3/c1-16-11-21(29-23-16)22(27)26-10-6-8-18(26)14-25-12-17-7-4-5-9-20(17)28-15-19(25)13-24(2)3/h4-5,7,9,11,18-19H,6,8,10,12-15H2,1-3H3. The van der Waals surface area contributed by atoms with Gasteiger partial charge in [-0.3, -0.25) is 9.69 Å². The second kappa shape index (κ2) is 8.55. The second-order valence-electron chi connectivity index (χ2n) is 8.39. The number of likely N-dealkylation sites (N-methyl/N-ethyl adjacent to an activating group) is 1. The van der Waals surface area contributed by atoms with E-state index in [0.29, 0.717) is 12.4 Å². The Morgan fingerprint density at radius 2 is 2.10 bits per heavy atom. The Hall–Kier alpha value is -2.38. The highest BCUT2D eigenvalue weighted by Gasteiger charge is 2.35. The highest BCUT2D eigenvalue weighted by molar-refractivity contribution is 5.91. The Labute approximate surface area is 172 Å². The maximum atomic E-state index is 13.0. The lowest BCUT2D eigenvalue weighted by atomic mass is 10.1. The first kappa shape index (κ1) is 19.9. The molecule has 0 saturated carbocycles. The molecule has 2 atom stereocenters. The fourth-order valence-electron chi connectivity index (χ4n) is 4.39. The minimum atomic E-state index is -0.0521. The number of ether oxygens (including phenoxy) is 1. The predicted octanol–water partition coefficient (Wildman–Crippen LogP) is 2.41. The van der Waals surface area contributed by atoms with E-state index in [1.54, 1.807) is 6.07 Å². The number of likely N-dealkylation sites (tertiary alicyclic amines) is 1. The van der Waals surface area contributed by atoms with Crippen molar-refractivity contribution in [1.82, 2.24) is 19.9 Å². The zero-order valence-corrected chi connectivity index (χ0v) is 17.5. The Morgan fingerprint density at radius 1 is 1.28 bits per heavy atom. The molecule has 29 heavy (non-hydrogen) atoms. The minimum absolute atomic E-state index is 0.0521. The SMILES string of the molecule is Cc1cc(C(=O)N2CCCC2CN2Cc3ccccc3OCC2CN(C)C)on1. The van der Waals surface area contributed by atoms with Gasteiger partial charge in [-0.2, -0.15) is 0 Å². The average molecular weight is 399 g/mol. The first-order valence-corrected chi connectivity index (χ1v) is 10.3. The molecule has 2 aliphatic rings. The monoisotopic (exact) mass is 398 g/mol. The maximum absolute atomic E-state index is 13.0. The van der Waals surface area contributed by atoms with Gasteiger partial charge in [0.2, 0.25) is 5.76 Å². The van der Waals surface area contributed by atoms with Crippen LogP contribution in [0.1, 0.15) is 34.7 Å². The largest absolute Gasteiger partial charge is 0.492 e. The highest BCUT2D eigenvalue weighted by Crippen LogP contribution is 2.28. The van der Waals surface area contributed by atoms with Crippen LogP contribution in [0.5, 0.6) is 5.75 Å². The quantitative estimate of drug-likeness (QED) is 0.771. The van der Waals surface area contributed by atoms with Crippen LogP contribution in [-0.4, -0.2) is 78.2 Å². The van der Waals surface area contributed by atoms with E-state index in [1.807, 2.05) is 24.0 Å². The summed E-state index contributed by atoms with van der Waals surface area (Å²) < 4.78 is 11.4. The number of para-hydroxylation sites is 1. The van der Waals surface area contributed by atoms with Crippen LogP contribution in [0, 0.1) is 6.92 Å². The second-order valence-corrected chi connectivity index (χ2v) is 8.39.